The SMILES string of the molecule is N#Cc1ccc(N2CCN(CCOc3ccc(-c4nc5ncc(Br)cc5[nH]4)cc3)CC2)nc1.NC(=O)[C@@H]1CCCN1CCOc1ccc(-c2nc3ncc(Br)cc3[nH]2)cc1. The summed E-state index contributed by atoms with van der Waals surface area (Å²) in [5.74, 6) is 3.86. The number of imidazole rings is 2. The summed E-state index contributed by atoms with van der Waals surface area (Å²) < 4.78 is 13.6. The third-order valence-corrected chi connectivity index (χ3v) is 11.3. The number of likely N-dealkylation sites (tertiary alicyclic amines) is 1. The van der Waals surface area contributed by atoms with Crippen LogP contribution in [0.25, 0.3) is 45.1 Å². The maximum absolute atomic E-state index is 11.4. The van der Waals surface area contributed by atoms with Crippen molar-refractivity contribution in [2.45, 2.75) is 18.9 Å². The Balaban J connectivity index is 0.000000170. The summed E-state index contributed by atoms with van der Waals surface area (Å²) in [5, 5.41) is 8.91. The van der Waals surface area contributed by atoms with Crippen LogP contribution >= 0.6 is 31.9 Å². The number of hydrogen-bond donors (Lipinski definition) is 3. The van der Waals surface area contributed by atoms with Gasteiger partial charge < -0.3 is 30.1 Å². The molecule has 0 aliphatic carbocycles. The van der Waals surface area contributed by atoms with Gasteiger partial charge in [-0.3, -0.25) is 14.6 Å². The summed E-state index contributed by atoms with van der Waals surface area (Å²) in [6.07, 6.45) is 6.95. The van der Waals surface area contributed by atoms with Crippen molar-refractivity contribution in [1.29, 1.82) is 5.26 Å². The van der Waals surface area contributed by atoms with E-state index < -0.39 is 0 Å². The van der Waals surface area contributed by atoms with Crippen LogP contribution < -0.4 is 20.1 Å². The molecule has 15 nitrogen and oxygen atoms in total. The predicted octanol–water partition coefficient (Wildman–Crippen LogP) is 6.57. The molecule has 9 rings (SSSR count). The number of anilines is 1. The van der Waals surface area contributed by atoms with E-state index in [1.807, 2.05) is 72.8 Å². The molecular formula is C43H42Br2N12O3. The zero-order chi connectivity index (χ0) is 41.4. The lowest BCUT2D eigenvalue weighted by atomic mass is 10.2. The van der Waals surface area contributed by atoms with Gasteiger partial charge in [-0.15, -0.1) is 0 Å². The molecule has 1 amide bonds. The summed E-state index contributed by atoms with van der Waals surface area (Å²) in [6, 6.07) is 25.3. The van der Waals surface area contributed by atoms with Gasteiger partial charge in [-0.2, -0.15) is 5.26 Å². The molecule has 0 spiro atoms. The zero-order valence-corrected chi connectivity index (χ0v) is 35.8. The van der Waals surface area contributed by atoms with Crippen molar-refractivity contribution in [3.8, 4) is 40.3 Å². The van der Waals surface area contributed by atoms with Gasteiger partial charge in [0.25, 0.3) is 0 Å². The molecule has 0 bridgehead atoms. The minimum absolute atomic E-state index is 0.155. The average molecular weight is 935 g/mol. The molecule has 4 N–H and O–H groups in total. The summed E-state index contributed by atoms with van der Waals surface area (Å²) >= 11 is 6.84. The van der Waals surface area contributed by atoms with Crippen LogP contribution in [0.1, 0.15) is 18.4 Å². The third kappa shape index (κ3) is 10.1. The molecule has 0 unspecified atom stereocenters. The summed E-state index contributed by atoms with van der Waals surface area (Å²) in [4.78, 5) is 46.8. The molecular weight excluding hydrogens is 892 g/mol. The van der Waals surface area contributed by atoms with Crippen LogP contribution in [0, 0.1) is 11.3 Å². The van der Waals surface area contributed by atoms with Gasteiger partial charge in [-0.1, -0.05) is 0 Å². The van der Waals surface area contributed by atoms with Gasteiger partial charge in [-0.25, -0.2) is 24.9 Å². The first kappa shape index (κ1) is 40.8. The highest BCUT2D eigenvalue weighted by molar-refractivity contribution is 9.10. The molecule has 2 aliphatic heterocycles. The number of ether oxygens (including phenoxy) is 2. The number of aromatic nitrogens is 7. The van der Waals surface area contributed by atoms with Gasteiger partial charge in [0.15, 0.2) is 11.3 Å². The van der Waals surface area contributed by atoms with Crippen LogP contribution in [0.3, 0.4) is 0 Å². The van der Waals surface area contributed by atoms with Crippen LogP contribution in [0.15, 0.2) is 100 Å². The second-order valence-corrected chi connectivity index (χ2v) is 16.2. The lowest BCUT2D eigenvalue weighted by Gasteiger charge is -2.35. The number of nitrogens with zero attached hydrogens (tertiary/aromatic N) is 9. The number of fused-ring (bicyclic) bond motifs is 2. The highest BCUT2D eigenvalue weighted by Crippen LogP contribution is 2.26. The van der Waals surface area contributed by atoms with Crippen LogP contribution in [0.2, 0.25) is 0 Å². The maximum atomic E-state index is 11.4. The van der Waals surface area contributed by atoms with E-state index in [1.54, 1.807) is 18.6 Å². The molecule has 17 heteroatoms. The first-order chi connectivity index (χ1) is 29.3. The Kier molecular flexibility index (Phi) is 12.9. The van der Waals surface area contributed by atoms with E-state index in [1.165, 1.54) is 0 Å². The molecule has 2 saturated heterocycles. The molecule has 7 heterocycles. The van der Waals surface area contributed by atoms with Crippen molar-refractivity contribution in [2.24, 2.45) is 5.73 Å². The van der Waals surface area contributed by atoms with E-state index in [0.29, 0.717) is 36.6 Å². The maximum Gasteiger partial charge on any atom is 0.234 e. The molecule has 1 atom stereocenters. The molecule has 2 aliphatic rings. The minimum Gasteiger partial charge on any atom is -0.492 e. The Morgan fingerprint density at radius 1 is 0.750 bits per heavy atom. The number of amides is 1. The highest BCUT2D eigenvalue weighted by Gasteiger charge is 2.28. The van der Waals surface area contributed by atoms with Crippen molar-refractivity contribution in [1.82, 2.24) is 44.7 Å². The number of benzene rings is 2. The molecule has 60 heavy (non-hydrogen) atoms. The van der Waals surface area contributed by atoms with E-state index in [9.17, 15) is 4.79 Å². The predicted molar refractivity (Wildman–Crippen MR) is 236 cm³/mol. The number of nitriles is 1. The molecule has 306 valence electrons. The van der Waals surface area contributed by atoms with Crippen LogP contribution in [-0.2, 0) is 4.79 Å². The number of nitrogens with one attached hydrogen (secondary N) is 2. The lowest BCUT2D eigenvalue weighted by molar-refractivity contribution is -0.122. The van der Waals surface area contributed by atoms with E-state index in [-0.39, 0.29) is 11.9 Å². The zero-order valence-electron chi connectivity index (χ0n) is 32.6. The van der Waals surface area contributed by atoms with E-state index in [0.717, 1.165) is 112 Å². The molecule has 0 saturated carbocycles. The van der Waals surface area contributed by atoms with Gasteiger partial charge in [0, 0.05) is 77.9 Å². The normalized spacial score (nSPS) is 15.8. The number of halogens is 2. The number of carbonyl (C=O) groups is 1. The summed E-state index contributed by atoms with van der Waals surface area (Å²) in [5.41, 5.74) is 11.1. The number of hydrogen-bond acceptors (Lipinski definition) is 12. The molecule has 5 aromatic heterocycles. The number of primary amides is 1. The van der Waals surface area contributed by atoms with Gasteiger partial charge >= 0.3 is 0 Å². The Bertz CT molecular complexity index is 2590. The summed E-state index contributed by atoms with van der Waals surface area (Å²) in [6.45, 7) is 7.36. The van der Waals surface area contributed by atoms with Gasteiger partial charge in [0.2, 0.25) is 5.91 Å². The van der Waals surface area contributed by atoms with Crippen molar-refractivity contribution >= 4 is 65.9 Å². The second kappa shape index (κ2) is 19.0. The monoisotopic (exact) mass is 932 g/mol. The topological polar surface area (TPSA) is 191 Å². The van der Waals surface area contributed by atoms with Crippen LogP contribution in [0.5, 0.6) is 11.5 Å². The number of aromatic amines is 2. The van der Waals surface area contributed by atoms with E-state index in [2.05, 4.69) is 87.5 Å². The number of carbonyl (C=O) groups excluding carboxylic acids is 1. The largest absolute Gasteiger partial charge is 0.492 e. The Morgan fingerprint density at radius 2 is 1.32 bits per heavy atom. The second-order valence-electron chi connectivity index (χ2n) is 14.4. The molecule has 0 radical (unpaired) electrons. The number of H-pyrrole nitrogens is 2. The molecule has 7 aromatic rings. The first-order valence-corrected chi connectivity index (χ1v) is 21.2. The number of rotatable bonds is 12. The molecule has 2 fully saturated rings. The van der Waals surface area contributed by atoms with Gasteiger partial charge in [-0.05, 0) is 124 Å². The lowest BCUT2D eigenvalue weighted by Crippen LogP contribution is -2.47. The van der Waals surface area contributed by atoms with E-state index in [4.69, 9.17) is 20.5 Å². The number of piperazine rings is 1. The fourth-order valence-corrected chi connectivity index (χ4v) is 7.93. The smallest absolute Gasteiger partial charge is 0.234 e. The Labute approximate surface area is 363 Å². The van der Waals surface area contributed by atoms with Crippen LogP contribution in [-0.4, -0.2) is 116 Å². The standard InChI is InChI=1S/C24H22BrN7O.C19H20BrN5O2/c25-19-13-21-24(28-16-19)30-23(29-21)18-2-4-20(5-3-18)33-12-11-31-7-9-32(10-8-31)22-6-1-17(14-26)15-27-22;20-13-10-15-19(22-11-13)24-18(23-15)12-3-5-14(6-4-12)27-9-8-25-7-1-2-16(25)17(21)26/h1-6,13,15-16H,7-12H2,(H,28,29,30);3-6,10-11,16H,1-2,7-9H2,(H2,21,26)(H,22,23,24)/t;16-/m.0/s1. The van der Waals surface area contributed by atoms with Crippen molar-refractivity contribution in [3.05, 3.63) is 106 Å². The van der Waals surface area contributed by atoms with E-state index >= 15 is 0 Å². The average Bonchev–Trinajstić information content (AvgIpc) is 4.03. The van der Waals surface area contributed by atoms with Crippen molar-refractivity contribution < 1.29 is 14.3 Å². The quantitative estimate of drug-likeness (QED) is 0.120. The third-order valence-electron chi connectivity index (χ3n) is 10.5. The number of nitrogens with two attached hydrogens (primary N) is 1. The fraction of sp³-hybridized carbons (Fsp3) is 0.279. The fourth-order valence-electron chi connectivity index (χ4n) is 7.27. The van der Waals surface area contributed by atoms with Gasteiger partial charge in [0.05, 0.1) is 22.6 Å². The van der Waals surface area contributed by atoms with Crippen molar-refractivity contribution in [2.75, 3.05) is 63.9 Å². The minimum atomic E-state index is -0.246. The van der Waals surface area contributed by atoms with Crippen LogP contribution in [0.4, 0.5) is 5.82 Å². The highest BCUT2D eigenvalue weighted by atomic mass is 79.9. The molecule has 2 aromatic carbocycles. The first-order valence-electron chi connectivity index (χ1n) is 19.6. The van der Waals surface area contributed by atoms with Crippen molar-refractivity contribution in [3.63, 3.8) is 0 Å². The Morgan fingerprint density at radius 3 is 1.83 bits per heavy atom. The number of pyridine rings is 3. The summed E-state index contributed by atoms with van der Waals surface area (Å²) in [7, 11) is 0. The Hall–Kier alpha value is -5.93. The van der Waals surface area contributed by atoms with Gasteiger partial charge in [0.1, 0.15) is 48.2 Å².